The summed E-state index contributed by atoms with van der Waals surface area (Å²) in [5, 5.41) is 0.755. The number of imidazole rings is 1. The first kappa shape index (κ1) is 10.1. The third kappa shape index (κ3) is 1.97. The summed E-state index contributed by atoms with van der Waals surface area (Å²) in [6.07, 6.45) is 1.76. The average Bonchev–Trinajstić information content (AvgIpc) is 2.53. The quantitative estimate of drug-likeness (QED) is 0.847. The molecule has 78 valence electrons. The van der Waals surface area contributed by atoms with Gasteiger partial charge < -0.3 is 10.3 Å². The van der Waals surface area contributed by atoms with Crippen molar-refractivity contribution in [3.63, 3.8) is 0 Å². The van der Waals surface area contributed by atoms with Crippen LogP contribution in [-0.2, 0) is 6.54 Å². The average molecular weight is 222 g/mol. The molecule has 3 nitrogen and oxygen atoms in total. The standard InChI is InChI=1S/C11H12ClN3/c1-8-6-14-11(13)15(8)7-9-4-2-3-5-10(9)12/h2-6H,7H2,1H3,(H2,13,14). The van der Waals surface area contributed by atoms with E-state index in [9.17, 15) is 0 Å². The molecule has 0 fully saturated rings. The molecule has 0 aliphatic heterocycles. The van der Waals surface area contributed by atoms with Gasteiger partial charge in [-0.2, -0.15) is 0 Å². The molecular weight excluding hydrogens is 210 g/mol. The van der Waals surface area contributed by atoms with E-state index in [4.69, 9.17) is 17.3 Å². The number of halogens is 1. The van der Waals surface area contributed by atoms with E-state index >= 15 is 0 Å². The topological polar surface area (TPSA) is 43.8 Å². The van der Waals surface area contributed by atoms with Crippen molar-refractivity contribution in [1.29, 1.82) is 0 Å². The predicted molar refractivity (Wildman–Crippen MR) is 61.9 cm³/mol. The summed E-state index contributed by atoms with van der Waals surface area (Å²) in [5.74, 6) is 0.521. The zero-order chi connectivity index (χ0) is 10.8. The van der Waals surface area contributed by atoms with Gasteiger partial charge in [0.2, 0.25) is 5.95 Å². The van der Waals surface area contributed by atoms with Crippen molar-refractivity contribution in [2.75, 3.05) is 5.73 Å². The fourth-order valence-electron chi connectivity index (χ4n) is 1.48. The highest BCUT2D eigenvalue weighted by Crippen LogP contribution is 2.18. The third-order valence-electron chi connectivity index (χ3n) is 2.37. The summed E-state index contributed by atoms with van der Waals surface area (Å²) in [6.45, 7) is 2.64. The Balaban J connectivity index is 2.34. The SMILES string of the molecule is Cc1cnc(N)n1Cc1ccccc1Cl. The summed E-state index contributed by atoms with van der Waals surface area (Å²) < 4.78 is 1.93. The maximum Gasteiger partial charge on any atom is 0.200 e. The molecule has 0 unspecified atom stereocenters. The zero-order valence-electron chi connectivity index (χ0n) is 8.44. The number of aryl methyl sites for hydroxylation is 1. The summed E-state index contributed by atoms with van der Waals surface area (Å²) >= 11 is 6.07. The van der Waals surface area contributed by atoms with Gasteiger partial charge in [-0.15, -0.1) is 0 Å². The number of nitrogen functional groups attached to an aromatic ring is 1. The van der Waals surface area contributed by atoms with Gasteiger partial charge in [-0.3, -0.25) is 0 Å². The van der Waals surface area contributed by atoms with E-state index < -0.39 is 0 Å². The van der Waals surface area contributed by atoms with Gasteiger partial charge in [0.15, 0.2) is 0 Å². The fourth-order valence-corrected chi connectivity index (χ4v) is 1.68. The van der Waals surface area contributed by atoms with Crippen LogP contribution >= 0.6 is 11.6 Å². The second kappa shape index (κ2) is 3.95. The molecule has 4 heteroatoms. The van der Waals surface area contributed by atoms with Gasteiger partial charge in [-0.25, -0.2) is 4.98 Å². The van der Waals surface area contributed by atoms with Crippen LogP contribution in [0.5, 0.6) is 0 Å². The van der Waals surface area contributed by atoms with Gasteiger partial charge in [0.25, 0.3) is 0 Å². The van der Waals surface area contributed by atoms with E-state index in [1.54, 1.807) is 6.20 Å². The van der Waals surface area contributed by atoms with Crippen molar-refractivity contribution in [2.24, 2.45) is 0 Å². The molecule has 0 saturated heterocycles. The maximum absolute atomic E-state index is 6.07. The lowest BCUT2D eigenvalue weighted by Gasteiger charge is -2.08. The Labute approximate surface area is 93.5 Å². The van der Waals surface area contributed by atoms with Crippen LogP contribution < -0.4 is 5.73 Å². The molecule has 2 rings (SSSR count). The number of nitrogens with two attached hydrogens (primary N) is 1. The molecule has 0 saturated carbocycles. The molecule has 0 aliphatic carbocycles. The van der Waals surface area contributed by atoms with E-state index in [2.05, 4.69) is 4.98 Å². The Hall–Kier alpha value is -1.48. The van der Waals surface area contributed by atoms with Crippen molar-refractivity contribution >= 4 is 17.5 Å². The van der Waals surface area contributed by atoms with Gasteiger partial charge in [0, 0.05) is 10.7 Å². The zero-order valence-corrected chi connectivity index (χ0v) is 9.20. The van der Waals surface area contributed by atoms with Crippen LogP contribution in [-0.4, -0.2) is 9.55 Å². The minimum atomic E-state index is 0.521. The van der Waals surface area contributed by atoms with E-state index in [0.29, 0.717) is 12.5 Å². The second-order valence-electron chi connectivity index (χ2n) is 3.44. The Morgan fingerprint density at radius 1 is 1.40 bits per heavy atom. The molecule has 0 radical (unpaired) electrons. The first-order valence-corrected chi connectivity index (χ1v) is 5.07. The molecule has 1 aromatic carbocycles. The van der Waals surface area contributed by atoms with Crippen molar-refractivity contribution in [2.45, 2.75) is 13.5 Å². The summed E-state index contributed by atoms with van der Waals surface area (Å²) in [6, 6.07) is 7.74. The molecule has 0 atom stereocenters. The van der Waals surface area contributed by atoms with Gasteiger partial charge in [-0.1, -0.05) is 29.8 Å². The predicted octanol–water partition coefficient (Wildman–Crippen LogP) is 2.48. The number of nitrogens with zero attached hydrogens (tertiary/aromatic N) is 2. The second-order valence-corrected chi connectivity index (χ2v) is 3.84. The highest BCUT2D eigenvalue weighted by Gasteiger charge is 2.05. The van der Waals surface area contributed by atoms with Crippen molar-refractivity contribution in [3.05, 3.63) is 46.7 Å². The highest BCUT2D eigenvalue weighted by atomic mass is 35.5. The summed E-state index contributed by atoms with van der Waals surface area (Å²) in [7, 11) is 0. The number of hydrogen-bond acceptors (Lipinski definition) is 2. The van der Waals surface area contributed by atoms with Crippen molar-refractivity contribution in [3.8, 4) is 0 Å². The Bertz CT molecular complexity index is 457. The maximum atomic E-state index is 6.07. The minimum absolute atomic E-state index is 0.521. The van der Waals surface area contributed by atoms with E-state index in [-0.39, 0.29) is 0 Å². The van der Waals surface area contributed by atoms with Gasteiger partial charge in [0.05, 0.1) is 12.7 Å². The van der Waals surface area contributed by atoms with Crippen LogP contribution in [0, 0.1) is 6.92 Å². The van der Waals surface area contributed by atoms with E-state index in [1.807, 2.05) is 35.8 Å². The number of rotatable bonds is 2. The molecule has 0 bridgehead atoms. The largest absolute Gasteiger partial charge is 0.369 e. The normalized spacial score (nSPS) is 10.5. The van der Waals surface area contributed by atoms with Gasteiger partial charge in [-0.05, 0) is 18.6 Å². The first-order chi connectivity index (χ1) is 7.18. The van der Waals surface area contributed by atoms with Crippen molar-refractivity contribution in [1.82, 2.24) is 9.55 Å². The Kier molecular flexibility index (Phi) is 2.64. The van der Waals surface area contributed by atoms with Gasteiger partial charge >= 0.3 is 0 Å². The lowest BCUT2D eigenvalue weighted by molar-refractivity contribution is 0.783. The molecular formula is C11H12ClN3. The van der Waals surface area contributed by atoms with Crippen molar-refractivity contribution < 1.29 is 0 Å². The van der Waals surface area contributed by atoms with Crippen LogP contribution in [0.25, 0.3) is 0 Å². The molecule has 0 aliphatic rings. The number of anilines is 1. The highest BCUT2D eigenvalue weighted by molar-refractivity contribution is 6.31. The molecule has 15 heavy (non-hydrogen) atoms. The third-order valence-corrected chi connectivity index (χ3v) is 2.74. The van der Waals surface area contributed by atoms with E-state index in [0.717, 1.165) is 16.3 Å². The van der Waals surface area contributed by atoms with Gasteiger partial charge in [0.1, 0.15) is 0 Å². The van der Waals surface area contributed by atoms with Crippen LogP contribution in [0.4, 0.5) is 5.95 Å². The monoisotopic (exact) mass is 221 g/mol. The first-order valence-electron chi connectivity index (χ1n) is 4.69. The molecule has 2 N–H and O–H groups in total. The lowest BCUT2D eigenvalue weighted by atomic mass is 10.2. The molecule has 1 heterocycles. The summed E-state index contributed by atoms with van der Waals surface area (Å²) in [5.41, 5.74) is 7.83. The van der Waals surface area contributed by atoms with Crippen LogP contribution in [0.3, 0.4) is 0 Å². The smallest absolute Gasteiger partial charge is 0.200 e. The Morgan fingerprint density at radius 3 is 2.73 bits per heavy atom. The Morgan fingerprint density at radius 2 is 2.13 bits per heavy atom. The molecule has 0 spiro atoms. The van der Waals surface area contributed by atoms with E-state index in [1.165, 1.54) is 0 Å². The minimum Gasteiger partial charge on any atom is -0.369 e. The number of hydrogen-bond donors (Lipinski definition) is 1. The molecule has 2 aromatic rings. The molecule has 1 aromatic heterocycles. The fraction of sp³-hybridized carbons (Fsp3) is 0.182. The van der Waals surface area contributed by atoms with Crippen LogP contribution in [0.1, 0.15) is 11.3 Å². The van der Waals surface area contributed by atoms with Crippen LogP contribution in [0.2, 0.25) is 5.02 Å². The summed E-state index contributed by atoms with van der Waals surface area (Å²) in [4.78, 5) is 4.04. The molecule has 0 amide bonds. The number of aromatic nitrogens is 2. The lowest BCUT2D eigenvalue weighted by Crippen LogP contribution is -2.06. The van der Waals surface area contributed by atoms with Crippen LogP contribution in [0.15, 0.2) is 30.5 Å². The number of benzene rings is 1.